The van der Waals surface area contributed by atoms with E-state index in [0.29, 0.717) is 31.2 Å². The largest absolute Gasteiger partial charge is 0.477 e. The molecule has 128 valence electrons. The Labute approximate surface area is 143 Å². The number of ether oxygens (including phenoxy) is 1. The van der Waals surface area contributed by atoms with Gasteiger partial charge in [-0.2, -0.15) is 0 Å². The van der Waals surface area contributed by atoms with Gasteiger partial charge in [0.25, 0.3) is 0 Å². The minimum atomic E-state index is -0.0838. The highest BCUT2D eigenvalue weighted by Crippen LogP contribution is 2.34. The van der Waals surface area contributed by atoms with Crippen LogP contribution in [0.2, 0.25) is 0 Å². The van der Waals surface area contributed by atoms with Crippen molar-refractivity contribution in [3.63, 3.8) is 0 Å². The van der Waals surface area contributed by atoms with Crippen LogP contribution in [0.25, 0.3) is 0 Å². The van der Waals surface area contributed by atoms with Crippen LogP contribution in [0.1, 0.15) is 56.6 Å². The Bertz CT molecular complexity index is 653. The molecule has 1 aromatic carbocycles. The summed E-state index contributed by atoms with van der Waals surface area (Å²) in [6, 6.07) is 8.32. The number of carbonyl (C=O) groups excluding carboxylic acids is 2. The molecule has 4 heteroatoms. The summed E-state index contributed by atoms with van der Waals surface area (Å²) in [4.78, 5) is 27.2. The molecular weight excluding hydrogens is 302 g/mol. The molecular formula is C20H25NO3. The van der Waals surface area contributed by atoms with Crippen molar-refractivity contribution in [3.8, 4) is 0 Å². The van der Waals surface area contributed by atoms with Crippen LogP contribution < -0.4 is 0 Å². The van der Waals surface area contributed by atoms with Gasteiger partial charge in [-0.3, -0.25) is 9.59 Å². The summed E-state index contributed by atoms with van der Waals surface area (Å²) in [6.07, 6.45) is 0.763. The van der Waals surface area contributed by atoms with Gasteiger partial charge in [-0.1, -0.05) is 38.1 Å². The zero-order valence-corrected chi connectivity index (χ0v) is 14.7. The standard InChI is InChI=1S/C20H25NO3/c1-4-21-9-10-24-20(21)19-17(22)11-16(12-18(19)23)15-7-5-14(6-8-15)13(2)3/h5-8,13,16H,4,9-12H2,1-3H3. The van der Waals surface area contributed by atoms with Gasteiger partial charge < -0.3 is 9.64 Å². The van der Waals surface area contributed by atoms with Crippen LogP contribution in [0, 0.1) is 0 Å². The Kier molecular flexibility index (Phi) is 4.74. The molecule has 0 spiro atoms. The number of hydrogen-bond acceptors (Lipinski definition) is 4. The molecule has 1 saturated carbocycles. The van der Waals surface area contributed by atoms with Gasteiger partial charge in [-0.15, -0.1) is 0 Å². The second-order valence-corrected chi connectivity index (χ2v) is 6.88. The lowest BCUT2D eigenvalue weighted by atomic mass is 9.79. The Morgan fingerprint density at radius 1 is 1.12 bits per heavy atom. The summed E-state index contributed by atoms with van der Waals surface area (Å²) in [5, 5.41) is 0. The van der Waals surface area contributed by atoms with Crippen molar-refractivity contribution < 1.29 is 14.3 Å². The quantitative estimate of drug-likeness (QED) is 0.631. The van der Waals surface area contributed by atoms with Gasteiger partial charge in [0.1, 0.15) is 12.2 Å². The first-order chi connectivity index (χ1) is 11.5. The summed E-state index contributed by atoms with van der Waals surface area (Å²) in [5.74, 6) is 0.789. The van der Waals surface area contributed by atoms with Crippen LogP contribution in [0.15, 0.2) is 35.7 Å². The molecule has 1 aromatic rings. The number of ketones is 2. The fourth-order valence-electron chi connectivity index (χ4n) is 3.48. The summed E-state index contributed by atoms with van der Waals surface area (Å²) in [7, 11) is 0. The first-order valence-electron chi connectivity index (χ1n) is 8.79. The predicted octanol–water partition coefficient (Wildman–Crippen LogP) is 3.39. The first-order valence-corrected chi connectivity index (χ1v) is 8.79. The van der Waals surface area contributed by atoms with Crippen LogP contribution in [0.3, 0.4) is 0 Å². The topological polar surface area (TPSA) is 46.6 Å². The average Bonchev–Trinajstić information content (AvgIpc) is 3.02. The third-order valence-corrected chi connectivity index (χ3v) is 4.98. The van der Waals surface area contributed by atoms with E-state index in [0.717, 1.165) is 18.7 Å². The number of allylic oxidation sites excluding steroid dienone is 1. The molecule has 0 amide bonds. The van der Waals surface area contributed by atoms with Crippen molar-refractivity contribution in [1.29, 1.82) is 0 Å². The maximum absolute atomic E-state index is 12.6. The molecule has 1 aliphatic carbocycles. The van der Waals surface area contributed by atoms with E-state index in [1.54, 1.807) is 0 Å². The molecule has 0 radical (unpaired) electrons. The average molecular weight is 327 g/mol. The smallest absolute Gasteiger partial charge is 0.204 e. The van der Waals surface area contributed by atoms with E-state index >= 15 is 0 Å². The van der Waals surface area contributed by atoms with Crippen molar-refractivity contribution in [2.75, 3.05) is 19.7 Å². The molecule has 4 nitrogen and oxygen atoms in total. The lowest BCUT2D eigenvalue weighted by molar-refractivity contribution is -0.124. The highest BCUT2D eigenvalue weighted by atomic mass is 16.5. The predicted molar refractivity (Wildman–Crippen MR) is 92.7 cm³/mol. The molecule has 3 rings (SSSR count). The van der Waals surface area contributed by atoms with Gasteiger partial charge >= 0.3 is 0 Å². The normalized spacial score (nSPS) is 21.7. The Balaban J connectivity index is 1.82. The number of carbonyl (C=O) groups is 2. The number of rotatable bonds is 3. The van der Waals surface area contributed by atoms with E-state index in [-0.39, 0.29) is 23.1 Å². The van der Waals surface area contributed by atoms with Crippen molar-refractivity contribution in [1.82, 2.24) is 4.90 Å². The minimum Gasteiger partial charge on any atom is -0.477 e. The Morgan fingerprint density at radius 2 is 1.75 bits per heavy atom. The van der Waals surface area contributed by atoms with E-state index in [2.05, 4.69) is 38.1 Å². The molecule has 1 heterocycles. The number of likely N-dealkylation sites (N-methyl/N-ethyl adjacent to an activating group) is 1. The van der Waals surface area contributed by atoms with Crippen LogP contribution in [-0.4, -0.2) is 36.2 Å². The second-order valence-electron chi connectivity index (χ2n) is 6.88. The molecule has 0 bridgehead atoms. The second kappa shape index (κ2) is 6.80. The summed E-state index contributed by atoms with van der Waals surface area (Å²) < 4.78 is 5.58. The maximum atomic E-state index is 12.6. The molecule has 1 aliphatic heterocycles. The van der Waals surface area contributed by atoms with Crippen molar-refractivity contribution in [2.24, 2.45) is 0 Å². The van der Waals surface area contributed by atoms with Crippen LogP contribution in [0.4, 0.5) is 0 Å². The fraction of sp³-hybridized carbons (Fsp3) is 0.500. The zero-order chi connectivity index (χ0) is 17.3. The van der Waals surface area contributed by atoms with Gasteiger partial charge in [0.15, 0.2) is 11.6 Å². The fourth-order valence-corrected chi connectivity index (χ4v) is 3.48. The molecule has 24 heavy (non-hydrogen) atoms. The van der Waals surface area contributed by atoms with E-state index in [4.69, 9.17) is 4.74 Å². The van der Waals surface area contributed by atoms with Gasteiger partial charge in [0.05, 0.1) is 6.54 Å². The minimum absolute atomic E-state index is 0.0213. The summed E-state index contributed by atoms with van der Waals surface area (Å²) in [5.41, 5.74) is 2.63. The molecule has 0 aromatic heterocycles. The van der Waals surface area contributed by atoms with Gasteiger partial charge in [-0.05, 0) is 29.9 Å². The Morgan fingerprint density at radius 3 is 2.29 bits per heavy atom. The number of benzene rings is 1. The first kappa shape index (κ1) is 16.7. The third-order valence-electron chi connectivity index (χ3n) is 4.98. The van der Waals surface area contributed by atoms with Gasteiger partial charge in [0, 0.05) is 19.4 Å². The maximum Gasteiger partial charge on any atom is 0.204 e. The molecule has 0 atom stereocenters. The van der Waals surface area contributed by atoms with E-state index in [9.17, 15) is 9.59 Å². The zero-order valence-electron chi connectivity index (χ0n) is 14.7. The molecule has 1 saturated heterocycles. The van der Waals surface area contributed by atoms with Crippen LogP contribution >= 0.6 is 0 Å². The van der Waals surface area contributed by atoms with Crippen molar-refractivity contribution >= 4 is 11.6 Å². The lowest BCUT2D eigenvalue weighted by Gasteiger charge is -2.25. The third kappa shape index (κ3) is 3.10. The lowest BCUT2D eigenvalue weighted by Crippen LogP contribution is -2.30. The number of hydrogen-bond donors (Lipinski definition) is 0. The highest BCUT2D eigenvalue weighted by molar-refractivity contribution is 6.22. The SMILES string of the molecule is CCN1CCOC1=C1C(=O)CC(c2ccc(C(C)C)cc2)CC1=O. The van der Waals surface area contributed by atoms with E-state index in [1.807, 2.05) is 11.8 Å². The molecule has 2 aliphatic rings. The molecule has 2 fully saturated rings. The van der Waals surface area contributed by atoms with E-state index in [1.165, 1.54) is 5.56 Å². The van der Waals surface area contributed by atoms with E-state index < -0.39 is 0 Å². The van der Waals surface area contributed by atoms with Crippen LogP contribution in [-0.2, 0) is 14.3 Å². The highest BCUT2D eigenvalue weighted by Gasteiger charge is 2.37. The monoisotopic (exact) mass is 327 g/mol. The summed E-state index contributed by atoms with van der Waals surface area (Å²) >= 11 is 0. The van der Waals surface area contributed by atoms with Gasteiger partial charge in [-0.25, -0.2) is 0 Å². The number of nitrogens with zero attached hydrogens (tertiary/aromatic N) is 1. The molecule has 0 N–H and O–H groups in total. The number of Topliss-reactive ketones (excluding diaryl/α,β-unsaturated/α-hetero) is 2. The Hall–Kier alpha value is -2.10. The van der Waals surface area contributed by atoms with Crippen LogP contribution in [0.5, 0.6) is 0 Å². The van der Waals surface area contributed by atoms with Gasteiger partial charge in [0.2, 0.25) is 5.88 Å². The van der Waals surface area contributed by atoms with Crippen molar-refractivity contribution in [2.45, 2.75) is 45.4 Å². The van der Waals surface area contributed by atoms with Crippen molar-refractivity contribution in [3.05, 3.63) is 46.8 Å². The summed E-state index contributed by atoms with van der Waals surface area (Å²) in [6.45, 7) is 8.36. The molecule has 0 unspecified atom stereocenters.